The van der Waals surface area contributed by atoms with Crippen molar-refractivity contribution in [2.75, 3.05) is 24.2 Å². The predicted molar refractivity (Wildman–Crippen MR) is 151 cm³/mol. The van der Waals surface area contributed by atoms with Gasteiger partial charge in [-0.2, -0.15) is 0 Å². The third-order valence-corrected chi connectivity index (χ3v) is 8.22. The van der Waals surface area contributed by atoms with Crippen molar-refractivity contribution in [1.29, 1.82) is 0 Å². The summed E-state index contributed by atoms with van der Waals surface area (Å²) in [5, 5.41) is 3.59. The van der Waals surface area contributed by atoms with E-state index in [1.54, 1.807) is 25.3 Å². The highest BCUT2D eigenvalue weighted by Crippen LogP contribution is 2.28. The Morgan fingerprint density at radius 2 is 1.74 bits per heavy atom. The number of hydrogen-bond donors (Lipinski definition) is 1. The van der Waals surface area contributed by atoms with Crippen molar-refractivity contribution in [3.63, 3.8) is 0 Å². The van der Waals surface area contributed by atoms with E-state index in [-0.39, 0.29) is 34.2 Å². The number of ether oxygens (including phenoxy) is 1. The molecule has 1 unspecified atom stereocenters. The maximum absolute atomic E-state index is 13.8. The number of sulfonamides is 1. The lowest BCUT2D eigenvalue weighted by Crippen LogP contribution is -2.53. The van der Waals surface area contributed by atoms with Gasteiger partial charge in [0.05, 0.1) is 19.1 Å². The Morgan fingerprint density at radius 3 is 2.32 bits per heavy atom. The van der Waals surface area contributed by atoms with Crippen LogP contribution in [0.3, 0.4) is 0 Å². The number of carbonyl (C=O) groups is 2. The molecule has 3 rings (SSSR count). The highest BCUT2D eigenvalue weighted by atomic mass is 35.5. The van der Waals surface area contributed by atoms with Gasteiger partial charge in [-0.25, -0.2) is 8.42 Å². The molecule has 0 radical (unpaired) electrons. The molecule has 1 atom stereocenters. The smallest absolute Gasteiger partial charge is 0.244 e. The first-order valence-electron chi connectivity index (χ1n) is 12.7. The Hall–Kier alpha value is -2.49. The predicted octanol–water partition coefficient (Wildman–Crippen LogP) is 5.02. The van der Waals surface area contributed by atoms with Gasteiger partial charge in [0, 0.05) is 22.6 Å². The molecule has 0 aliphatic heterocycles. The molecule has 1 saturated carbocycles. The Balaban J connectivity index is 1.95. The number of halogens is 2. The Morgan fingerprint density at radius 1 is 1.08 bits per heavy atom. The number of benzene rings is 2. The summed E-state index contributed by atoms with van der Waals surface area (Å²) in [6.45, 7) is 1.41. The Kier molecular flexibility index (Phi) is 10.7. The molecule has 0 bridgehead atoms. The SMILES string of the molecule is CCC(C(=O)NC1CCCCC1)N(Cc1cccc(OC)c1)C(=O)CN(c1cc(Cl)cc(Cl)c1)S(C)(=O)=O. The molecular weight excluding hydrogens is 549 g/mol. The summed E-state index contributed by atoms with van der Waals surface area (Å²) in [4.78, 5) is 28.7. The molecule has 8 nitrogen and oxygen atoms in total. The number of methoxy groups -OCH3 is 1. The Bertz CT molecular complexity index is 1210. The third kappa shape index (κ3) is 8.25. The molecule has 0 aromatic heterocycles. The average molecular weight is 585 g/mol. The average Bonchev–Trinajstić information content (AvgIpc) is 2.86. The minimum absolute atomic E-state index is 0.0696. The number of nitrogens with zero attached hydrogens (tertiary/aromatic N) is 2. The molecule has 2 aromatic rings. The molecule has 11 heteroatoms. The molecule has 1 aliphatic carbocycles. The normalized spacial score (nSPS) is 15.0. The summed E-state index contributed by atoms with van der Waals surface area (Å²) in [6, 6.07) is 10.8. The zero-order valence-electron chi connectivity index (χ0n) is 22.0. The second-order valence-corrected chi connectivity index (χ2v) is 12.3. The topological polar surface area (TPSA) is 96.0 Å². The van der Waals surface area contributed by atoms with Crippen LogP contribution in [0.15, 0.2) is 42.5 Å². The van der Waals surface area contributed by atoms with Crippen molar-refractivity contribution in [2.45, 2.75) is 64.1 Å². The van der Waals surface area contributed by atoms with Gasteiger partial charge in [0.25, 0.3) is 0 Å². The van der Waals surface area contributed by atoms with Gasteiger partial charge in [0.2, 0.25) is 21.8 Å². The zero-order valence-corrected chi connectivity index (χ0v) is 24.3. The van der Waals surface area contributed by atoms with E-state index in [1.807, 2.05) is 13.0 Å². The fraction of sp³-hybridized carbons (Fsp3) is 0.481. The summed E-state index contributed by atoms with van der Waals surface area (Å²) < 4.78 is 31.8. The van der Waals surface area contributed by atoms with Crippen LogP contribution < -0.4 is 14.4 Å². The molecule has 2 aromatic carbocycles. The first kappa shape index (κ1) is 30.1. The molecular formula is C27H35Cl2N3O5S. The van der Waals surface area contributed by atoms with Crippen LogP contribution in [0.5, 0.6) is 5.75 Å². The number of carbonyl (C=O) groups excluding carboxylic acids is 2. The van der Waals surface area contributed by atoms with E-state index in [1.165, 1.54) is 23.1 Å². The molecule has 38 heavy (non-hydrogen) atoms. The summed E-state index contributed by atoms with van der Waals surface area (Å²) in [7, 11) is -2.34. The van der Waals surface area contributed by atoms with E-state index in [9.17, 15) is 18.0 Å². The van der Waals surface area contributed by atoms with Gasteiger partial charge in [0.1, 0.15) is 18.3 Å². The van der Waals surface area contributed by atoms with E-state index in [0.29, 0.717) is 12.2 Å². The van der Waals surface area contributed by atoms with Crippen LogP contribution >= 0.6 is 23.2 Å². The van der Waals surface area contributed by atoms with Gasteiger partial charge >= 0.3 is 0 Å². The van der Waals surface area contributed by atoms with Crippen LogP contribution in [0.1, 0.15) is 51.0 Å². The van der Waals surface area contributed by atoms with Gasteiger partial charge in [-0.15, -0.1) is 0 Å². The lowest BCUT2D eigenvalue weighted by Gasteiger charge is -2.34. The first-order chi connectivity index (χ1) is 18.0. The molecule has 0 spiro atoms. The minimum atomic E-state index is -3.89. The molecule has 208 valence electrons. The number of rotatable bonds is 11. The molecule has 1 N–H and O–H groups in total. The number of nitrogens with one attached hydrogen (secondary N) is 1. The van der Waals surface area contributed by atoms with Crippen molar-refractivity contribution < 1.29 is 22.7 Å². The van der Waals surface area contributed by atoms with Crippen molar-refractivity contribution >= 4 is 50.7 Å². The van der Waals surface area contributed by atoms with E-state index >= 15 is 0 Å². The van der Waals surface area contributed by atoms with E-state index < -0.39 is 28.5 Å². The van der Waals surface area contributed by atoms with Crippen LogP contribution in [-0.4, -0.2) is 57.1 Å². The molecule has 1 aliphatic rings. The largest absolute Gasteiger partial charge is 0.497 e. The van der Waals surface area contributed by atoms with Gasteiger partial charge in [-0.05, 0) is 55.2 Å². The van der Waals surface area contributed by atoms with Crippen molar-refractivity contribution in [2.24, 2.45) is 0 Å². The summed E-state index contributed by atoms with van der Waals surface area (Å²) in [5.74, 6) is -0.159. The zero-order chi connectivity index (χ0) is 27.9. The first-order valence-corrected chi connectivity index (χ1v) is 15.3. The van der Waals surface area contributed by atoms with Gasteiger partial charge in [-0.3, -0.25) is 13.9 Å². The van der Waals surface area contributed by atoms with Crippen LogP contribution in [0.25, 0.3) is 0 Å². The van der Waals surface area contributed by atoms with Crippen LogP contribution in [0, 0.1) is 0 Å². The van der Waals surface area contributed by atoms with Gasteiger partial charge < -0.3 is 15.0 Å². The van der Waals surface area contributed by atoms with E-state index in [4.69, 9.17) is 27.9 Å². The highest BCUT2D eigenvalue weighted by Gasteiger charge is 2.33. The minimum Gasteiger partial charge on any atom is -0.497 e. The quantitative estimate of drug-likeness (QED) is 0.400. The maximum atomic E-state index is 13.8. The summed E-state index contributed by atoms with van der Waals surface area (Å²) >= 11 is 12.2. The number of amides is 2. The fourth-order valence-electron chi connectivity index (χ4n) is 4.73. The maximum Gasteiger partial charge on any atom is 0.244 e. The lowest BCUT2D eigenvalue weighted by molar-refractivity contribution is -0.140. The number of anilines is 1. The van der Waals surface area contributed by atoms with Crippen LogP contribution in [0.4, 0.5) is 5.69 Å². The van der Waals surface area contributed by atoms with Crippen molar-refractivity contribution in [3.8, 4) is 5.75 Å². The summed E-state index contributed by atoms with van der Waals surface area (Å²) in [5.41, 5.74) is 0.915. The standard InChI is InChI=1S/C27H35Cl2N3O5S/c1-4-25(27(34)30-22-10-6-5-7-11-22)31(17-19-9-8-12-24(13-19)37-2)26(33)18-32(38(3,35)36)23-15-20(28)14-21(29)16-23/h8-9,12-16,22,25H,4-7,10-11,17-18H2,1-3H3,(H,30,34). The summed E-state index contributed by atoms with van der Waals surface area (Å²) in [6.07, 6.45) is 6.44. The lowest BCUT2D eigenvalue weighted by atomic mass is 9.95. The van der Waals surface area contributed by atoms with Crippen LogP contribution in [0.2, 0.25) is 10.0 Å². The Labute approximate surface area is 235 Å². The number of hydrogen-bond acceptors (Lipinski definition) is 5. The second-order valence-electron chi connectivity index (χ2n) is 9.54. The van der Waals surface area contributed by atoms with Gasteiger partial charge in [0.15, 0.2) is 0 Å². The third-order valence-electron chi connectivity index (χ3n) is 6.64. The highest BCUT2D eigenvalue weighted by molar-refractivity contribution is 7.92. The molecule has 0 saturated heterocycles. The monoisotopic (exact) mass is 583 g/mol. The fourth-order valence-corrected chi connectivity index (χ4v) is 6.08. The van der Waals surface area contributed by atoms with Gasteiger partial charge in [-0.1, -0.05) is 61.5 Å². The van der Waals surface area contributed by atoms with Crippen molar-refractivity contribution in [3.05, 3.63) is 58.1 Å². The molecule has 0 heterocycles. The van der Waals surface area contributed by atoms with Crippen molar-refractivity contribution in [1.82, 2.24) is 10.2 Å². The van der Waals surface area contributed by atoms with E-state index in [2.05, 4.69) is 5.32 Å². The second kappa shape index (κ2) is 13.5. The molecule has 1 fully saturated rings. The van der Waals surface area contributed by atoms with Crippen LogP contribution in [-0.2, 0) is 26.2 Å². The molecule has 2 amide bonds. The van der Waals surface area contributed by atoms with E-state index in [0.717, 1.165) is 48.2 Å².